The Kier molecular flexibility index (Phi) is 3.84. The topological polar surface area (TPSA) is 22.1 Å². The molecule has 2 nitrogen and oxygen atoms in total. The fourth-order valence-electron chi connectivity index (χ4n) is 1.72. The van der Waals surface area contributed by atoms with Crippen LogP contribution in [0.5, 0.6) is 5.75 Å². The minimum Gasteiger partial charge on any atom is -0.486 e. The molecule has 0 saturated heterocycles. The Labute approximate surface area is 113 Å². The lowest BCUT2D eigenvalue weighted by Crippen LogP contribution is -2.11. The van der Waals surface area contributed by atoms with Crippen LogP contribution in [0.3, 0.4) is 0 Å². The fraction of sp³-hybridized carbons (Fsp3) is 0.312. The van der Waals surface area contributed by atoms with Crippen molar-refractivity contribution in [1.82, 2.24) is 4.98 Å². The minimum atomic E-state index is -0.318. The van der Waals surface area contributed by atoms with E-state index in [0.717, 1.165) is 11.1 Å². The molecule has 1 aromatic carbocycles. The van der Waals surface area contributed by atoms with Crippen molar-refractivity contribution in [3.05, 3.63) is 59.7 Å². The molecule has 0 fully saturated rings. The van der Waals surface area contributed by atoms with Gasteiger partial charge in [0.05, 0.1) is 0 Å². The van der Waals surface area contributed by atoms with Gasteiger partial charge in [-0.05, 0) is 40.8 Å². The van der Waals surface area contributed by atoms with E-state index in [1.54, 1.807) is 24.5 Å². The Morgan fingerprint density at radius 1 is 1.11 bits per heavy atom. The molecule has 0 saturated carbocycles. The third-order valence-corrected chi connectivity index (χ3v) is 2.94. The molecular formula is C16H18FNO. The Morgan fingerprint density at radius 3 is 2.37 bits per heavy atom. The maximum Gasteiger partial charge on any atom is 0.165 e. The van der Waals surface area contributed by atoms with E-state index < -0.39 is 0 Å². The summed E-state index contributed by atoms with van der Waals surface area (Å²) in [5, 5.41) is 0. The van der Waals surface area contributed by atoms with Crippen LogP contribution in [0.15, 0.2) is 42.7 Å². The molecule has 0 unspecified atom stereocenters. The highest BCUT2D eigenvalue weighted by molar-refractivity contribution is 5.33. The van der Waals surface area contributed by atoms with Gasteiger partial charge in [-0.15, -0.1) is 0 Å². The van der Waals surface area contributed by atoms with Crippen LogP contribution in [0.1, 0.15) is 31.9 Å². The molecule has 0 aliphatic heterocycles. The Morgan fingerprint density at radius 2 is 1.79 bits per heavy atom. The van der Waals surface area contributed by atoms with Crippen LogP contribution in [-0.2, 0) is 12.0 Å². The van der Waals surface area contributed by atoms with E-state index in [0.29, 0.717) is 6.61 Å². The molecule has 0 N–H and O–H groups in total. The van der Waals surface area contributed by atoms with Crippen LogP contribution in [0.25, 0.3) is 0 Å². The highest BCUT2D eigenvalue weighted by Gasteiger charge is 2.16. The van der Waals surface area contributed by atoms with Crippen molar-refractivity contribution in [1.29, 1.82) is 0 Å². The number of pyridine rings is 1. The zero-order valence-electron chi connectivity index (χ0n) is 11.5. The number of nitrogens with zero attached hydrogens (tertiary/aromatic N) is 1. The van der Waals surface area contributed by atoms with Gasteiger partial charge in [0.15, 0.2) is 11.6 Å². The molecule has 0 amide bonds. The fourth-order valence-corrected chi connectivity index (χ4v) is 1.72. The van der Waals surface area contributed by atoms with E-state index in [9.17, 15) is 4.39 Å². The molecular weight excluding hydrogens is 241 g/mol. The maximum absolute atomic E-state index is 13.9. The summed E-state index contributed by atoms with van der Waals surface area (Å²) in [5.74, 6) is -0.0358. The summed E-state index contributed by atoms with van der Waals surface area (Å²) in [6.07, 6.45) is 3.38. The summed E-state index contributed by atoms with van der Waals surface area (Å²) < 4.78 is 19.4. The second kappa shape index (κ2) is 5.39. The first-order valence-corrected chi connectivity index (χ1v) is 6.28. The van der Waals surface area contributed by atoms with E-state index in [1.165, 1.54) is 0 Å². The summed E-state index contributed by atoms with van der Waals surface area (Å²) in [7, 11) is 0. The SMILES string of the molecule is CC(C)(C)c1ccc(OCc2ccncc2)c(F)c1. The number of halogens is 1. The molecule has 2 aromatic rings. The molecule has 0 spiro atoms. The first kappa shape index (κ1) is 13.5. The minimum absolute atomic E-state index is 0.0650. The van der Waals surface area contributed by atoms with Crippen LogP contribution >= 0.6 is 0 Å². The zero-order chi connectivity index (χ0) is 13.9. The van der Waals surface area contributed by atoms with Gasteiger partial charge >= 0.3 is 0 Å². The number of hydrogen-bond donors (Lipinski definition) is 0. The molecule has 1 heterocycles. The number of benzene rings is 1. The first-order chi connectivity index (χ1) is 8.97. The van der Waals surface area contributed by atoms with E-state index in [4.69, 9.17) is 4.74 Å². The average molecular weight is 259 g/mol. The number of rotatable bonds is 3. The summed E-state index contributed by atoms with van der Waals surface area (Å²) in [6, 6.07) is 8.84. The number of hydrogen-bond acceptors (Lipinski definition) is 2. The van der Waals surface area contributed by atoms with Crippen LogP contribution in [0.2, 0.25) is 0 Å². The van der Waals surface area contributed by atoms with Crippen molar-refractivity contribution in [3.8, 4) is 5.75 Å². The normalized spacial score (nSPS) is 11.4. The first-order valence-electron chi connectivity index (χ1n) is 6.28. The molecule has 2 rings (SSSR count). The maximum atomic E-state index is 13.9. The standard InChI is InChI=1S/C16H18FNO/c1-16(2,3)13-4-5-15(14(17)10-13)19-11-12-6-8-18-9-7-12/h4-10H,11H2,1-3H3. The predicted molar refractivity (Wildman–Crippen MR) is 73.7 cm³/mol. The molecule has 0 aliphatic rings. The van der Waals surface area contributed by atoms with Crippen molar-refractivity contribution in [2.75, 3.05) is 0 Å². The van der Waals surface area contributed by atoms with E-state index in [2.05, 4.69) is 25.8 Å². The average Bonchev–Trinajstić information content (AvgIpc) is 2.37. The molecule has 0 radical (unpaired) electrons. The molecule has 1 aromatic heterocycles. The second-order valence-corrected chi connectivity index (χ2v) is 5.54. The number of aromatic nitrogens is 1. The second-order valence-electron chi connectivity index (χ2n) is 5.54. The third kappa shape index (κ3) is 3.53. The van der Waals surface area contributed by atoms with Gasteiger partial charge in [-0.3, -0.25) is 4.98 Å². The van der Waals surface area contributed by atoms with Gasteiger partial charge in [0.1, 0.15) is 6.61 Å². The van der Waals surface area contributed by atoms with Gasteiger partial charge in [0.25, 0.3) is 0 Å². The molecule has 19 heavy (non-hydrogen) atoms. The Hall–Kier alpha value is -1.90. The molecule has 0 aliphatic carbocycles. The quantitative estimate of drug-likeness (QED) is 0.828. The van der Waals surface area contributed by atoms with Gasteiger partial charge < -0.3 is 4.74 Å². The highest BCUT2D eigenvalue weighted by atomic mass is 19.1. The zero-order valence-corrected chi connectivity index (χ0v) is 11.5. The van der Waals surface area contributed by atoms with Crippen LogP contribution < -0.4 is 4.74 Å². The lowest BCUT2D eigenvalue weighted by molar-refractivity contribution is 0.289. The summed E-state index contributed by atoms with van der Waals surface area (Å²) in [5.41, 5.74) is 1.86. The van der Waals surface area contributed by atoms with Crippen LogP contribution in [0.4, 0.5) is 4.39 Å². The number of ether oxygens (including phenoxy) is 1. The Bertz CT molecular complexity index is 546. The van der Waals surface area contributed by atoms with Crippen molar-refractivity contribution < 1.29 is 9.13 Å². The highest BCUT2D eigenvalue weighted by Crippen LogP contribution is 2.27. The smallest absolute Gasteiger partial charge is 0.165 e. The van der Waals surface area contributed by atoms with Crippen LogP contribution in [-0.4, -0.2) is 4.98 Å². The van der Waals surface area contributed by atoms with Gasteiger partial charge in [-0.2, -0.15) is 0 Å². The lowest BCUT2D eigenvalue weighted by Gasteiger charge is -2.19. The largest absolute Gasteiger partial charge is 0.486 e. The van der Waals surface area contributed by atoms with E-state index in [-0.39, 0.29) is 17.0 Å². The van der Waals surface area contributed by atoms with E-state index in [1.807, 2.05) is 18.2 Å². The van der Waals surface area contributed by atoms with Crippen molar-refractivity contribution in [2.45, 2.75) is 32.8 Å². The van der Waals surface area contributed by atoms with Crippen molar-refractivity contribution in [3.63, 3.8) is 0 Å². The molecule has 0 atom stereocenters. The summed E-state index contributed by atoms with van der Waals surface area (Å²) in [6.45, 7) is 6.51. The molecule has 0 bridgehead atoms. The molecule has 3 heteroatoms. The lowest BCUT2D eigenvalue weighted by atomic mass is 9.87. The van der Waals surface area contributed by atoms with Gasteiger partial charge in [0, 0.05) is 12.4 Å². The van der Waals surface area contributed by atoms with E-state index >= 15 is 0 Å². The van der Waals surface area contributed by atoms with Gasteiger partial charge in [-0.25, -0.2) is 4.39 Å². The van der Waals surface area contributed by atoms with Gasteiger partial charge in [-0.1, -0.05) is 26.8 Å². The van der Waals surface area contributed by atoms with Gasteiger partial charge in [0.2, 0.25) is 0 Å². The predicted octanol–water partition coefficient (Wildman–Crippen LogP) is 4.10. The summed E-state index contributed by atoms with van der Waals surface area (Å²) >= 11 is 0. The molecule has 100 valence electrons. The van der Waals surface area contributed by atoms with Crippen molar-refractivity contribution in [2.24, 2.45) is 0 Å². The summed E-state index contributed by atoms with van der Waals surface area (Å²) in [4.78, 5) is 3.93. The monoisotopic (exact) mass is 259 g/mol. The Balaban J connectivity index is 2.10. The van der Waals surface area contributed by atoms with Crippen molar-refractivity contribution >= 4 is 0 Å². The van der Waals surface area contributed by atoms with Crippen LogP contribution in [0, 0.1) is 5.82 Å². The third-order valence-electron chi connectivity index (χ3n) is 2.94.